The molecule has 1 aliphatic carbocycles. The van der Waals surface area contributed by atoms with Crippen LogP contribution in [0.15, 0.2) is 29.3 Å². The smallest absolute Gasteiger partial charge is 0.278 e. The summed E-state index contributed by atoms with van der Waals surface area (Å²) in [5, 5.41) is 9.67. The number of β-amino-alcohol motifs (C(OH)–C–C–N with tert-alkyl or cyclic N) is 1. The monoisotopic (exact) mass is 262 g/mol. The van der Waals surface area contributed by atoms with Gasteiger partial charge in [-0.15, -0.1) is 0 Å². The number of aliphatic hydroxyl groups is 1. The van der Waals surface area contributed by atoms with E-state index in [1.54, 1.807) is 12.1 Å². The number of carbonyl (C=O) groups excluding carboxylic acids is 1. The van der Waals surface area contributed by atoms with Gasteiger partial charge in [0.1, 0.15) is 11.7 Å². The second kappa shape index (κ2) is 4.74. The van der Waals surface area contributed by atoms with Crippen molar-refractivity contribution >= 4 is 11.7 Å². The summed E-state index contributed by atoms with van der Waals surface area (Å²) in [5.74, 6) is -0.281. The maximum absolute atomic E-state index is 13.0. The van der Waals surface area contributed by atoms with Crippen molar-refractivity contribution in [1.82, 2.24) is 4.90 Å². The van der Waals surface area contributed by atoms with Crippen molar-refractivity contribution in [2.45, 2.75) is 31.4 Å². The first kappa shape index (κ1) is 12.3. The molecule has 1 fully saturated rings. The molecule has 0 saturated heterocycles. The van der Waals surface area contributed by atoms with E-state index in [1.165, 1.54) is 12.1 Å². The number of aliphatic hydroxyl groups excluding tert-OH is 1. The highest BCUT2D eigenvalue weighted by Gasteiger charge is 2.35. The van der Waals surface area contributed by atoms with E-state index in [2.05, 4.69) is 4.99 Å². The molecule has 1 saturated carbocycles. The quantitative estimate of drug-likeness (QED) is 0.874. The Labute approximate surface area is 110 Å². The predicted octanol–water partition coefficient (Wildman–Crippen LogP) is 1.33. The summed E-state index contributed by atoms with van der Waals surface area (Å²) < 4.78 is 13.0. The zero-order valence-corrected chi connectivity index (χ0v) is 10.4. The highest BCUT2D eigenvalue weighted by molar-refractivity contribution is 6.07. The summed E-state index contributed by atoms with van der Waals surface area (Å²) in [5.41, 5.74) is 0.716. The molecular weight excluding hydrogens is 247 g/mol. The minimum atomic E-state index is -1.05. The molecule has 0 radical (unpaired) electrons. The minimum absolute atomic E-state index is 0.277. The van der Waals surface area contributed by atoms with Crippen LogP contribution in [0.5, 0.6) is 0 Å². The van der Waals surface area contributed by atoms with Crippen LogP contribution in [0.2, 0.25) is 0 Å². The molecule has 19 heavy (non-hydrogen) atoms. The van der Waals surface area contributed by atoms with Crippen LogP contribution in [0, 0.1) is 5.82 Å². The third-order valence-electron chi connectivity index (χ3n) is 3.76. The highest BCUT2D eigenvalue weighted by Crippen LogP contribution is 2.28. The third kappa shape index (κ3) is 2.26. The van der Waals surface area contributed by atoms with Crippen LogP contribution in [0.3, 0.4) is 0 Å². The average Bonchev–Trinajstić information content (AvgIpc) is 2.32. The molecular formula is C14H15FN2O2. The molecule has 1 atom stereocenters. The van der Waals surface area contributed by atoms with Crippen LogP contribution in [0.4, 0.5) is 4.39 Å². The van der Waals surface area contributed by atoms with E-state index >= 15 is 0 Å². The molecule has 2 aliphatic rings. The Morgan fingerprint density at radius 1 is 1.26 bits per heavy atom. The zero-order valence-electron chi connectivity index (χ0n) is 10.4. The molecule has 1 amide bonds. The molecule has 1 aromatic carbocycles. The van der Waals surface area contributed by atoms with E-state index in [0.717, 1.165) is 19.3 Å². The number of amidine groups is 1. The van der Waals surface area contributed by atoms with Crippen molar-refractivity contribution in [3.63, 3.8) is 0 Å². The predicted molar refractivity (Wildman–Crippen MR) is 68.3 cm³/mol. The van der Waals surface area contributed by atoms with Crippen LogP contribution in [0.25, 0.3) is 0 Å². The van der Waals surface area contributed by atoms with E-state index < -0.39 is 12.0 Å². The van der Waals surface area contributed by atoms with Crippen LogP contribution in [-0.2, 0) is 4.79 Å². The maximum Gasteiger partial charge on any atom is 0.278 e. The number of hydrogen-bond donors (Lipinski definition) is 1. The Balaban J connectivity index is 1.96. The summed E-state index contributed by atoms with van der Waals surface area (Å²) in [6.45, 7) is 0.277. The van der Waals surface area contributed by atoms with Gasteiger partial charge in [0.15, 0.2) is 6.10 Å². The van der Waals surface area contributed by atoms with Crippen molar-refractivity contribution in [1.29, 1.82) is 0 Å². The summed E-state index contributed by atoms with van der Waals surface area (Å²) in [6, 6.07) is 6.26. The minimum Gasteiger partial charge on any atom is -0.381 e. The first-order valence-electron chi connectivity index (χ1n) is 6.48. The second-order valence-corrected chi connectivity index (χ2v) is 5.03. The zero-order chi connectivity index (χ0) is 13.4. The van der Waals surface area contributed by atoms with Gasteiger partial charge >= 0.3 is 0 Å². The van der Waals surface area contributed by atoms with Gasteiger partial charge in [-0.05, 0) is 43.5 Å². The van der Waals surface area contributed by atoms with E-state index in [9.17, 15) is 14.3 Å². The average molecular weight is 262 g/mol. The number of hydrogen-bond acceptors (Lipinski definition) is 3. The van der Waals surface area contributed by atoms with Gasteiger partial charge in [-0.2, -0.15) is 4.99 Å². The van der Waals surface area contributed by atoms with Gasteiger partial charge in [0.05, 0.1) is 6.54 Å². The lowest BCUT2D eigenvalue weighted by atomic mass is 9.90. The van der Waals surface area contributed by atoms with Crippen molar-refractivity contribution < 1.29 is 14.3 Å². The standard InChI is InChI=1S/C14H15FN2O2/c15-10-6-4-9(5-7-10)13-16-14(19)12(18)8-17(13)11-2-1-3-11/h4-7,11-12,18H,1-3,8H2. The Morgan fingerprint density at radius 3 is 2.53 bits per heavy atom. The fourth-order valence-corrected chi connectivity index (χ4v) is 2.44. The molecule has 0 spiro atoms. The number of amides is 1. The van der Waals surface area contributed by atoms with Gasteiger partial charge in [-0.3, -0.25) is 4.79 Å². The lowest BCUT2D eigenvalue weighted by molar-refractivity contribution is -0.127. The highest BCUT2D eigenvalue weighted by atomic mass is 19.1. The van der Waals surface area contributed by atoms with E-state index in [0.29, 0.717) is 17.4 Å². The Kier molecular flexibility index (Phi) is 3.06. The molecule has 0 aromatic heterocycles. The molecule has 0 bridgehead atoms. The van der Waals surface area contributed by atoms with Crippen molar-refractivity contribution in [3.05, 3.63) is 35.6 Å². The molecule has 1 N–H and O–H groups in total. The Morgan fingerprint density at radius 2 is 1.95 bits per heavy atom. The van der Waals surface area contributed by atoms with E-state index in [-0.39, 0.29) is 12.4 Å². The molecule has 1 unspecified atom stereocenters. The topological polar surface area (TPSA) is 52.9 Å². The first-order valence-corrected chi connectivity index (χ1v) is 6.48. The normalized spacial score (nSPS) is 24.1. The lowest BCUT2D eigenvalue weighted by Crippen LogP contribution is -2.52. The molecule has 4 nitrogen and oxygen atoms in total. The van der Waals surface area contributed by atoms with Gasteiger partial charge < -0.3 is 10.0 Å². The van der Waals surface area contributed by atoms with Gasteiger partial charge in [0.25, 0.3) is 5.91 Å². The van der Waals surface area contributed by atoms with Crippen molar-refractivity contribution in [2.24, 2.45) is 4.99 Å². The molecule has 1 aliphatic heterocycles. The summed E-state index contributed by atoms with van der Waals surface area (Å²) in [7, 11) is 0. The van der Waals surface area contributed by atoms with Crippen LogP contribution >= 0.6 is 0 Å². The molecule has 3 rings (SSSR count). The fraction of sp³-hybridized carbons (Fsp3) is 0.429. The number of rotatable bonds is 2. The Hall–Kier alpha value is -1.75. The molecule has 100 valence electrons. The van der Waals surface area contributed by atoms with E-state index in [1.807, 2.05) is 4.90 Å². The first-order chi connectivity index (χ1) is 9.15. The summed E-state index contributed by atoms with van der Waals surface area (Å²) >= 11 is 0. The number of nitrogens with zero attached hydrogens (tertiary/aromatic N) is 2. The molecule has 1 heterocycles. The third-order valence-corrected chi connectivity index (χ3v) is 3.76. The lowest BCUT2D eigenvalue weighted by Gasteiger charge is -2.42. The van der Waals surface area contributed by atoms with Crippen molar-refractivity contribution in [3.8, 4) is 0 Å². The number of carbonyl (C=O) groups is 1. The molecule has 5 heteroatoms. The van der Waals surface area contributed by atoms with Crippen LogP contribution < -0.4 is 0 Å². The SMILES string of the molecule is O=C1N=C(c2ccc(F)cc2)N(C2CCC2)CC1O. The summed E-state index contributed by atoms with van der Waals surface area (Å²) in [4.78, 5) is 17.5. The largest absolute Gasteiger partial charge is 0.381 e. The van der Waals surface area contributed by atoms with Gasteiger partial charge in [0, 0.05) is 11.6 Å². The van der Waals surface area contributed by atoms with Crippen molar-refractivity contribution in [2.75, 3.05) is 6.54 Å². The molecule has 1 aromatic rings. The van der Waals surface area contributed by atoms with Gasteiger partial charge in [-0.1, -0.05) is 0 Å². The van der Waals surface area contributed by atoms with Crippen LogP contribution in [-0.4, -0.2) is 40.4 Å². The second-order valence-electron chi connectivity index (χ2n) is 5.03. The van der Waals surface area contributed by atoms with E-state index in [4.69, 9.17) is 0 Å². The number of aliphatic imine (C=N–C) groups is 1. The van der Waals surface area contributed by atoms with Gasteiger partial charge in [0.2, 0.25) is 0 Å². The Bertz CT molecular complexity index is 523. The summed E-state index contributed by atoms with van der Waals surface area (Å²) in [6.07, 6.45) is 2.19. The maximum atomic E-state index is 13.0. The number of benzene rings is 1. The van der Waals surface area contributed by atoms with Crippen LogP contribution in [0.1, 0.15) is 24.8 Å². The number of halogens is 1. The fourth-order valence-electron chi connectivity index (χ4n) is 2.44. The van der Waals surface area contributed by atoms with Gasteiger partial charge in [-0.25, -0.2) is 4.39 Å².